The zero-order valence-corrected chi connectivity index (χ0v) is 10.6. The van der Waals surface area contributed by atoms with E-state index in [-0.39, 0.29) is 12.2 Å². The molecular weight excluding hydrogens is 204 g/mol. The standard InChI is InChI=1S/C12H24N2O2/c1-13-6-9-4-5-10(9)14-7-11(15-2)12(8-14)16-3/h9-13H,4-8H2,1-3H3. The maximum Gasteiger partial charge on any atom is 0.0971 e. The molecule has 0 aromatic carbocycles. The average molecular weight is 228 g/mol. The molecule has 0 aromatic rings. The van der Waals surface area contributed by atoms with E-state index < -0.39 is 0 Å². The fourth-order valence-corrected chi connectivity index (χ4v) is 3.03. The third kappa shape index (κ3) is 2.25. The Morgan fingerprint density at radius 2 is 1.75 bits per heavy atom. The molecule has 0 radical (unpaired) electrons. The molecule has 1 saturated heterocycles. The number of likely N-dealkylation sites (tertiary alicyclic amines) is 1. The maximum atomic E-state index is 5.48. The second kappa shape index (κ2) is 5.45. The van der Waals surface area contributed by atoms with E-state index in [0.717, 1.165) is 31.6 Å². The van der Waals surface area contributed by atoms with Crippen LogP contribution in [0, 0.1) is 5.92 Å². The molecule has 1 heterocycles. The van der Waals surface area contributed by atoms with Crippen molar-refractivity contribution in [1.82, 2.24) is 10.2 Å². The van der Waals surface area contributed by atoms with Crippen molar-refractivity contribution in [1.29, 1.82) is 0 Å². The minimum atomic E-state index is 0.251. The van der Waals surface area contributed by atoms with Crippen LogP contribution in [0.25, 0.3) is 0 Å². The Morgan fingerprint density at radius 1 is 1.12 bits per heavy atom. The van der Waals surface area contributed by atoms with Crippen molar-refractivity contribution in [3.8, 4) is 0 Å². The van der Waals surface area contributed by atoms with Crippen molar-refractivity contribution in [2.45, 2.75) is 31.1 Å². The van der Waals surface area contributed by atoms with Crippen LogP contribution in [0.2, 0.25) is 0 Å². The Morgan fingerprint density at radius 3 is 2.12 bits per heavy atom. The second-order valence-electron chi connectivity index (χ2n) is 4.96. The van der Waals surface area contributed by atoms with Gasteiger partial charge in [0.2, 0.25) is 0 Å². The van der Waals surface area contributed by atoms with E-state index in [4.69, 9.17) is 9.47 Å². The SMILES string of the molecule is CNCC1CCC1N1CC(OC)C(OC)C1. The van der Waals surface area contributed by atoms with Crippen LogP contribution in [0.3, 0.4) is 0 Å². The molecular formula is C12H24N2O2. The van der Waals surface area contributed by atoms with Gasteiger partial charge in [-0.05, 0) is 32.4 Å². The largest absolute Gasteiger partial charge is 0.377 e. The first-order chi connectivity index (χ1) is 7.80. The summed E-state index contributed by atoms with van der Waals surface area (Å²) in [6, 6.07) is 0.741. The lowest BCUT2D eigenvalue weighted by Gasteiger charge is -2.42. The van der Waals surface area contributed by atoms with Gasteiger partial charge in [0, 0.05) is 33.4 Å². The highest BCUT2D eigenvalue weighted by Crippen LogP contribution is 2.34. The maximum absolute atomic E-state index is 5.48. The second-order valence-corrected chi connectivity index (χ2v) is 4.96. The number of nitrogens with one attached hydrogen (secondary N) is 1. The molecule has 0 bridgehead atoms. The number of hydrogen-bond acceptors (Lipinski definition) is 4. The Bertz CT molecular complexity index is 213. The highest BCUT2D eigenvalue weighted by atomic mass is 16.5. The van der Waals surface area contributed by atoms with Crippen molar-refractivity contribution in [2.24, 2.45) is 5.92 Å². The van der Waals surface area contributed by atoms with Crippen molar-refractivity contribution in [3.63, 3.8) is 0 Å². The molecule has 1 N–H and O–H groups in total. The zero-order chi connectivity index (χ0) is 11.5. The van der Waals surface area contributed by atoms with Crippen LogP contribution in [-0.2, 0) is 9.47 Å². The Balaban J connectivity index is 1.87. The van der Waals surface area contributed by atoms with E-state index in [0.29, 0.717) is 0 Å². The lowest BCUT2D eigenvalue weighted by Crippen LogP contribution is -2.49. The van der Waals surface area contributed by atoms with Crippen LogP contribution in [0.1, 0.15) is 12.8 Å². The number of rotatable bonds is 5. The molecule has 4 nitrogen and oxygen atoms in total. The minimum Gasteiger partial charge on any atom is -0.377 e. The molecule has 4 heteroatoms. The van der Waals surface area contributed by atoms with Crippen LogP contribution < -0.4 is 5.32 Å². The van der Waals surface area contributed by atoms with Crippen LogP contribution in [0.4, 0.5) is 0 Å². The molecule has 2 rings (SSSR count). The fourth-order valence-electron chi connectivity index (χ4n) is 3.03. The van der Waals surface area contributed by atoms with Gasteiger partial charge in [-0.2, -0.15) is 0 Å². The first-order valence-corrected chi connectivity index (χ1v) is 6.24. The highest BCUT2D eigenvalue weighted by molar-refractivity contribution is 4.96. The Labute approximate surface area is 98.3 Å². The lowest BCUT2D eigenvalue weighted by molar-refractivity contribution is -0.00461. The third-order valence-corrected chi connectivity index (χ3v) is 4.16. The van der Waals surface area contributed by atoms with Crippen LogP contribution in [0.15, 0.2) is 0 Å². The summed E-state index contributed by atoms with van der Waals surface area (Å²) in [6.45, 7) is 3.19. The van der Waals surface area contributed by atoms with E-state index in [9.17, 15) is 0 Å². The number of nitrogens with zero attached hydrogens (tertiary/aromatic N) is 1. The molecule has 4 unspecified atom stereocenters. The predicted octanol–water partition coefficient (Wildman–Crippen LogP) is 0.330. The summed E-state index contributed by atoms with van der Waals surface area (Å²) < 4.78 is 11.0. The van der Waals surface area contributed by atoms with Crippen LogP contribution in [-0.4, -0.2) is 64.1 Å². The molecule has 1 saturated carbocycles. The number of methoxy groups -OCH3 is 2. The summed E-state index contributed by atoms with van der Waals surface area (Å²) in [5.74, 6) is 0.818. The molecule has 94 valence electrons. The first kappa shape index (κ1) is 12.3. The van der Waals surface area contributed by atoms with E-state index in [1.54, 1.807) is 14.2 Å². The molecule has 1 aliphatic heterocycles. The summed E-state index contributed by atoms with van der Waals surface area (Å²) in [6.07, 6.45) is 3.19. The smallest absolute Gasteiger partial charge is 0.0971 e. The van der Waals surface area contributed by atoms with E-state index in [1.165, 1.54) is 12.8 Å². The van der Waals surface area contributed by atoms with Gasteiger partial charge >= 0.3 is 0 Å². The van der Waals surface area contributed by atoms with Crippen molar-refractivity contribution in [3.05, 3.63) is 0 Å². The predicted molar refractivity (Wildman–Crippen MR) is 63.6 cm³/mol. The molecule has 2 aliphatic rings. The van der Waals surface area contributed by atoms with Crippen LogP contribution >= 0.6 is 0 Å². The molecule has 0 spiro atoms. The fraction of sp³-hybridized carbons (Fsp3) is 1.00. The van der Waals surface area contributed by atoms with Gasteiger partial charge in [0.25, 0.3) is 0 Å². The third-order valence-electron chi connectivity index (χ3n) is 4.16. The zero-order valence-electron chi connectivity index (χ0n) is 10.6. The lowest BCUT2D eigenvalue weighted by atomic mass is 9.78. The summed E-state index contributed by atoms with van der Waals surface area (Å²) in [4.78, 5) is 2.55. The Kier molecular flexibility index (Phi) is 4.19. The van der Waals surface area contributed by atoms with Gasteiger partial charge < -0.3 is 14.8 Å². The van der Waals surface area contributed by atoms with Gasteiger partial charge in [-0.1, -0.05) is 0 Å². The van der Waals surface area contributed by atoms with Gasteiger partial charge in [0.15, 0.2) is 0 Å². The topological polar surface area (TPSA) is 33.7 Å². The van der Waals surface area contributed by atoms with Gasteiger partial charge in [-0.3, -0.25) is 4.90 Å². The van der Waals surface area contributed by atoms with Gasteiger partial charge in [-0.25, -0.2) is 0 Å². The minimum absolute atomic E-state index is 0.251. The summed E-state index contributed by atoms with van der Waals surface area (Å²) in [5, 5.41) is 3.28. The van der Waals surface area contributed by atoms with Gasteiger partial charge in [0.05, 0.1) is 12.2 Å². The van der Waals surface area contributed by atoms with Crippen molar-refractivity contribution >= 4 is 0 Å². The molecule has 2 fully saturated rings. The highest BCUT2D eigenvalue weighted by Gasteiger charge is 2.42. The molecule has 0 aromatic heterocycles. The summed E-state index contributed by atoms with van der Waals surface area (Å²) in [5.41, 5.74) is 0. The molecule has 16 heavy (non-hydrogen) atoms. The van der Waals surface area contributed by atoms with Crippen molar-refractivity contribution in [2.75, 3.05) is 40.9 Å². The Hall–Kier alpha value is -0.160. The van der Waals surface area contributed by atoms with Gasteiger partial charge in [-0.15, -0.1) is 0 Å². The van der Waals surface area contributed by atoms with Crippen molar-refractivity contribution < 1.29 is 9.47 Å². The van der Waals surface area contributed by atoms with Gasteiger partial charge in [0.1, 0.15) is 0 Å². The number of ether oxygens (including phenoxy) is 2. The van der Waals surface area contributed by atoms with E-state index in [1.807, 2.05) is 7.05 Å². The van der Waals surface area contributed by atoms with E-state index >= 15 is 0 Å². The molecule has 4 atom stereocenters. The van der Waals surface area contributed by atoms with Crippen LogP contribution in [0.5, 0.6) is 0 Å². The summed E-state index contributed by atoms with van der Waals surface area (Å²) >= 11 is 0. The van der Waals surface area contributed by atoms with E-state index in [2.05, 4.69) is 10.2 Å². The summed E-state index contributed by atoms with van der Waals surface area (Å²) in [7, 11) is 5.60. The quantitative estimate of drug-likeness (QED) is 0.735. The number of hydrogen-bond donors (Lipinski definition) is 1. The molecule has 0 amide bonds. The molecule has 1 aliphatic carbocycles. The first-order valence-electron chi connectivity index (χ1n) is 6.24. The normalized spacial score (nSPS) is 39.9. The average Bonchev–Trinajstić information content (AvgIpc) is 2.67. The monoisotopic (exact) mass is 228 g/mol.